The molecule has 0 saturated heterocycles. The predicted octanol–water partition coefficient (Wildman–Crippen LogP) is 3.50. The van der Waals surface area contributed by atoms with E-state index in [9.17, 15) is 9.90 Å². The largest absolute Gasteiger partial charge is 0.508 e. The summed E-state index contributed by atoms with van der Waals surface area (Å²) in [6.07, 6.45) is 5.90. The van der Waals surface area contributed by atoms with Gasteiger partial charge in [-0.05, 0) is 61.1 Å². The summed E-state index contributed by atoms with van der Waals surface area (Å²) in [5.41, 5.74) is 3.86. The molecule has 3 aromatic rings. The third-order valence-electron chi connectivity index (χ3n) is 5.78. The number of rotatable bonds is 3. The summed E-state index contributed by atoms with van der Waals surface area (Å²) in [6, 6.07) is 14.6. The van der Waals surface area contributed by atoms with Crippen molar-refractivity contribution in [2.24, 2.45) is 4.99 Å². The fourth-order valence-electron chi connectivity index (χ4n) is 4.30. The predicted molar refractivity (Wildman–Crippen MR) is 118 cm³/mol. The Hall–Kier alpha value is -3.12. The van der Waals surface area contributed by atoms with Gasteiger partial charge < -0.3 is 9.84 Å². The highest BCUT2D eigenvalue weighted by atomic mass is 32.1. The molecule has 1 atom stereocenters. The SMILES string of the molecule is COc1ccc(/C=c2\sc3n(c2=O)C(c2ccccc2O)C2=C(CCCC2)N=3)cc1. The van der Waals surface area contributed by atoms with Gasteiger partial charge in [0.05, 0.1) is 17.7 Å². The van der Waals surface area contributed by atoms with Crippen LogP contribution in [-0.2, 0) is 0 Å². The molecule has 0 bridgehead atoms. The van der Waals surface area contributed by atoms with E-state index in [1.165, 1.54) is 11.3 Å². The number of methoxy groups -OCH3 is 1. The summed E-state index contributed by atoms with van der Waals surface area (Å²) in [5.74, 6) is 0.993. The normalized spacial score (nSPS) is 18.6. The molecule has 1 aromatic heterocycles. The van der Waals surface area contributed by atoms with Crippen LogP contribution in [0.4, 0.5) is 0 Å². The van der Waals surface area contributed by atoms with Gasteiger partial charge >= 0.3 is 0 Å². The molecule has 5 nitrogen and oxygen atoms in total. The van der Waals surface area contributed by atoms with Crippen LogP contribution in [0.3, 0.4) is 0 Å². The Labute approximate surface area is 177 Å². The molecule has 0 fully saturated rings. The number of para-hydroxylation sites is 1. The van der Waals surface area contributed by atoms with Crippen molar-refractivity contribution >= 4 is 17.4 Å². The van der Waals surface area contributed by atoms with Crippen LogP contribution in [0.5, 0.6) is 11.5 Å². The molecule has 1 unspecified atom stereocenters. The van der Waals surface area contributed by atoms with Crippen molar-refractivity contribution in [1.29, 1.82) is 0 Å². The van der Waals surface area contributed by atoms with Crippen molar-refractivity contribution in [3.05, 3.63) is 90.6 Å². The monoisotopic (exact) mass is 418 g/mol. The molecule has 1 aliphatic carbocycles. The van der Waals surface area contributed by atoms with Crippen molar-refractivity contribution in [1.82, 2.24) is 4.57 Å². The summed E-state index contributed by atoms with van der Waals surface area (Å²) in [4.78, 5) is 19.0. The lowest BCUT2D eigenvalue weighted by atomic mass is 9.86. The molecule has 0 radical (unpaired) electrons. The molecule has 6 heteroatoms. The van der Waals surface area contributed by atoms with Crippen molar-refractivity contribution in [3.63, 3.8) is 0 Å². The van der Waals surface area contributed by atoms with Crippen molar-refractivity contribution in [2.75, 3.05) is 7.11 Å². The molecule has 2 heterocycles. The minimum Gasteiger partial charge on any atom is -0.508 e. The van der Waals surface area contributed by atoms with Crippen LogP contribution in [0.25, 0.3) is 6.08 Å². The lowest BCUT2D eigenvalue weighted by molar-refractivity contribution is 0.415. The summed E-state index contributed by atoms with van der Waals surface area (Å²) in [5, 5.41) is 10.6. The second kappa shape index (κ2) is 7.61. The molecule has 152 valence electrons. The number of ether oxygens (including phenoxy) is 1. The number of hydrogen-bond acceptors (Lipinski definition) is 5. The maximum atomic E-state index is 13.5. The van der Waals surface area contributed by atoms with E-state index in [4.69, 9.17) is 9.73 Å². The zero-order chi connectivity index (χ0) is 20.7. The van der Waals surface area contributed by atoms with E-state index in [0.717, 1.165) is 53.8 Å². The van der Waals surface area contributed by atoms with Gasteiger partial charge in [-0.1, -0.05) is 41.7 Å². The number of nitrogens with zero attached hydrogens (tertiary/aromatic N) is 2. The molecular formula is C24H22N2O3S. The van der Waals surface area contributed by atoms with Crippen molar-refractivity contribution < 1.29 is 9.84 Å². The highest BCUT2D eigenvalue weighted by Crippen LogP contribution is 2.40. The Morgan fingerprint density at radius 3 is 2.67 bits per heavy atom. The smallest absolute Gasteiger partial charge is 0.271 e. The molecule has 1 N–H and O–H groups in total. The number of phenols is 1. The Kier molecular flexibility index (Phi) is 4.79. The Bertz CT molecular complexity index is 1320. The van der Waals surface area contributed by atoms with Crippen LogP contribution in [0.15, 0.2) is 69.6 Å². The number of phenolic OH excluding ortho intramolecular Hbond substituents is 1. The minimum absolute atomic E-state index is 0.0695. The first-order valence-corrected chi connectivity index (χ1v) is 10.9. The van der Waals surface area contributed by atoms with Crippen LogP contribution in [0.2, 0.25) is 0 Å². The van der Waals surface area contributed by atoms with E-state index >= 15 is 0 Å². The quantitative estimate of drug-likeness (QED) is 0.708. The topological polar surface area (TPSA) is 63.8 Å². The number of hydrogen-bond donors (Lipinski definition) is 1. The Balaban J connectivity index is 1.71. The first-order chi connectivity index (χ1) is 14.7. The maximum Gasteiger partial charge on any atom is 0.271 e. The third kappa shape index (κ3) is 3.17. The van der Waals surface area contributed by atoms with Gasteiger partial charge in [-0.2, -0.15) is 0 Å². The third-order valence-corrected chi connectivity index (χ3v) is 6.76. The first kappa shape index (κ1) is 18.9. The Morgan fingerprint density at radius 2 is 1.90 bits per heavy atom. The van der Waals surface area contributed by atoms with Gasteiger partial charge in [0.15, 0.2) is 4.80 Å². The maximum absolute atomic E-state index is 13.5. The number of allylic oxidation sites excluding steroid dienone is 2. The van der Waals surface area contributed by atoms with Gasteiger partial charge in [-0.15, -0.1) is 0 Å². The minimum atomic E-state index is -0.296. The lowest BCUT2D eigenvalue weighted by Crippen LogP contribution is -2.38. The average molecular weight is 419 g/mol. The number of benzene rings is 2. The summed E-state index contributed by atoms with van der Waals surface area (Å²) < 4.78 is 7.62. The number of aromatic hydroxyl groups is 1. The molecular weight excluding hydrogens is 396 g/mol. The van der Waals surface area contributed by atoms with E-state index in [2.05, 4.69) is 0 Å². The average Bonchev–Trinajstić information content (AvgIpc) is 3.08. The van der Waals surface area contributed by atoms with E-state index in [1.807, 2.05) is 48.5 Å². The highest BCUT2D eigenvalue weighted by Gasteiger charge is 2.31. The zero-order valence-electron chi connectivity index (χ0n) is 16.7. The lowest BCUT2D eigenvalue weighted by Gasteiger charge is -2.29. The highest BCUT2D eigenvalue weighted by molar-refractivity contribution is 7.07. The van der Waals surface area contributed by atoms with Gasteiger partial charge in [0.1, 0.15) is 11.5 Å². The van der Waals surface area contributed by atoms with Crippen LogP contribution in [0.1, 0.15) is 42.9 Å². The number of aromatic nitrogens is 1. The van der Waals surface area contributed by atoms with Crippen molar-refractivity contribution in [2.45, 2.75) is 31.7 Å². The molecule has 30 heavy (non-hydrogen) atoms. The van der Waals surface area contributed by atoms with E-state index < -0.39 is 0 Å². The van der Waals surface area contributed by atoms with Gasteiger partial charge in [0.25, 0.3) is 5.56 Å². The van der Waals surface area contributed by atoms with E-state index in [-0.39, 0.29) is 17.4 Å². The van der Waals surface area contributed by atoms with Gasteiger partial charge in [-0.25, -0.2) is 4.99 Å². The molecule has 0 amide bonds. The first-order valence-electron chi connectivity index (χ1n) is 10.1. The molecule has 0 spiro atoms. The molecule has 5 rings (SSSR count). The molecule has 2 aliphatic rings. The van der Waals surface area contributed by atoms with Crippen LogP contribution in [0, 0.1) is 0 Å². The zero-order valence-corrected chi connectivity index (χ0v) is 17.5. The van der Waals surface area contributed by atoms with Gasteiger partial charge in [0, 0.05) is 11.3 Å². The fraction of sp³-hybridized carbons (Fsp3) is 0.250. The fourth-order valence-corrected chi connectivity index (χ4v) is 5.32. The molecule has 0 saturated carbocycles. The van der Waals surface area contributed by atoms with E-state index in [0.29, 0.717) is 9.33 Å². The standard InChI is InChI=1S/C24H22N2O3S/c1-29-16-12-10-15(11-13-16)14-21-23(28)26-22(18-7-3-5-9-20(18)27)17-6-2-4-8-19(17)25-24(26)30-21/h3,5,7,9-14,22,27H,2,4,6,8H2,1H3/b21-14-. The van der Waals surface area contributed by atoms with E-state index in [1.54, 1.807) is 17.7 Å². The Morgan fingerprint density at radius 1 is 1.13 bits per heavy atom. The number of thiazole rings is 1. The van der Waals surface area contributed by atoms with Gasteiger partial charge in [0.2, 0.25) is 0 Å². The number of fused-ring (bicyclic) bond motifs is 1. The second-order valence-electron chi connectivity index (χ2n) is 7.59. The summed E-state index contributed by atoms with van der Waals surface area (Å²) in [6.45, 7) is 0. The van der Waals surface area contributed by atoms with Crippen LogP contribution in [-0.4, -0.2) is 16.8 Å². The summed E-state index contributed by atoms with van der Waals surface area (Å²) in [7, 11) is 1.63. The van der Waals surface area contributed by atoms with Crippen LogP contribution < -0.4 is 19.6 Å². The summed E-state index contributed by atoms with van der Waals surface area (Å²) >= 11 is 1.41. The van der Waals surface area contributed by atoms with Gasteiger partial charge in [-0.3, -0.25) is 9.36 Å². The van der Waals surface area contributed by atoms with Crippen LogP contribution >= 0.6 is 11.3 Å². The molecule has 1 aliphatic heterocycles. The molecule has 2 aromatic carbocycles. The second-order valence-corrected chi connectivity index (χ2v) is 8.60. The van der Waals surface area contributed by atoms with Crippen molar-refractivity contribution in [3.8, 4) is 11.5 Å².